The number of nitrogens with two attached hydrogens (primary N) is 1. The van der Waals surface area contributed by atoms with Gasteiger partial charge in [0.1, 0.15) is 5.69 Å². The van der Waals surface area contributed by atoms with Crippen molar-refractivity contribution in [2.24, 2.45) is 5.73 Å². The van der Waals surface area contributed by atoms with Gasteiger partial charge in [0.2, 0.25) is 0 Å². The van der Waals surface area contributed by atoms with Crippen molar-refractivity contribution in [3.05, 3.63) is 70.4 Å². The second kappa shape index (κ2) is 5.25. The Morgan fingerprint density at radius 2 is 1.86 bits per heavy atom. The summed E-state index contributed by atoms with van der Waals surface area (Å²) in [6.45, 7) is 0. The molecule has 0 aliphatic carbocycles. The van der Waals surface area contributed by atoms with Crippen molar-refractivity contribution < 1.29 is 9.72 Å². The maximum absolute atomic E-state index is 11.5. The van der Waals surface area contributed by atoms with Crippen molar-refractivity contribution in [2.75, 3.05) is 0 Å². The normalized spacial score (nSPS) is 10.5. The van der Waals surface area contributed by atoms with Gasteiger partial charge in [0.05, 0.1) is 10.4 Å². The zero-order chi connectivity index (χ0) is 15.7. The number of non-ortho nitro benzene ring substituents is 1. The molecule has 0 bridgehead atoms. The highest BCUT2D eigenvalue weighted by atomic mass is 16.6. The van der Waals surface area contributed by atoms with E-state index in [0.717, 1.165) is 5.39 Å². The SMILES string of the molecule is NC(=O)c1cc(-c2cccc([N+](=O)[O-])c2)c2ccccc2n1. The smallest absolute Gasteiger partial charge is 0.270 e. The molecule has 0 unspecified atom stereocenters. The van der Waals surface area contributed by atoms with Crippen molar-refractivity contribution >= 4 is 22.5 Å². The van der Waals surface area contributed by atoms with E-state index in [4.69, 9.17) is 5.73 Å². The molecule has 3 rings (SSSR count). The van der Waals surface area contributed by atoms with E-state index in [2.05, 4.69) is 4.98 Å². The molecule has 6 nitrogen and oxygen atoms in total. The monoisotopic (exact) mass is 293 g/mol. The van der Waals surface area contributed by atoms with E-state index >= 15 is 0 Å². The molecule has 2 N–H and O–H groups in total. The summed E-state index contributed by atoms with van der Waals surface area (Å²) in [5.74, 6) is -0.641. The molecule has 0 atom stereocenters. The summed E-state index contributed by atoms with van der Waals surface area (Å²) < 4.78 is 0. The molecule has 3 aromatic rings. The van der Waals surface area contributed by atoms with E-state index in [1.54, 1.807) is 30.3 Å². The van der Waals surface area contributed by atoms with Crippen molar-refractivity contribution in [3.63, 3.8) is 0 Å². The lowest BCUT2D eigenvalue weighted by Gasteiger charge is -2.08. The summed E-state index contributed by atoms with van der Waals surface area (Å²) >= 11 is 0. The van der Waals surface area contributed by atoms with E-state index in [9.17, 15) is 14.9 Å². The quantitative estimate of drug-likeness (QED) is 0.592. The number of rotatable bonds is 3. The van der Waals surface area contributed by atoms with E-state index in [-0.39, 0.29) is 11.4 Å². The number of nitrogens with zero attached hydrogens (tertiary/aromatic N) is 2. The predicted molar refractivity (Wildman–Crippen MR) is 82.4 cm³/mol. The van der Waals surface area contributed by atoms with Gasteiger partial charge in [-0.2, -0.15) is 0 Å². The van der Waals surface area contributed by atoms with E-state index < -0.39 is 10.8 Å². The molecule has 1 aromatic heterocycles. The minimum absolute atomic E-state index is 0.0148. The molecule has 6 heteroatoms. The summed E-state index contributed by atoms with van der Waals surface area (Å²) in [6, 6.07) is 15.1. The van der Waals surface area contributed by atoms with Gasteiger partial charge >= 0.3 is 0 Å². The van der Waals surface area contributed by atoms with Crippen LogP contribution in [0.5, 0.6) is 0 Å². The molecular weight excluding hydrogens is 282 g/mol. The number of aromatic nitrogens is 1. The number of carbonyl (C=O) groups is 1. The number of nitro benzene ring substituents is 1. The number of hydrogen-bond donors (Lipinski definition) is 1. The van der Waals surface area contributed by atoms with Crippen LogP contribution in [-0.4, -0.2) is 15.8 Å². The van der Waals surface area contributed by atoms with Crippen LogP contribution in [0.3, 0.4) is 0 Å². The number of hydrogen-bond acceptors (Lipinski definition) is 4. The molecule has 0 saturated carbocycles. The fraction of sp³-hybridized carbons (Fsp3) is 0. The van der Waals surface area contributed by atoms with Crippen molar-refractivity contribution in [1.29, 1.82) is 0 Å². The van der Waals surface area contributed by atoms with E-state index in [1.807, 2.05) is 12.1 Å². The number of para-hydroxylation sites is 1. The summed E-state index contributed by atoms with van der Waals surface area (Å²) in [7, 11) is 0. The topological polar surface area (TPSA) is 99.1 Å². The Morgan fingerprint density at radius 1 is 1.09 bits per heavy atom. The summed E-state index contributed by atoms with van der Waals surface area (Å²) in [4.78, 5) is 26.2. The molecule has 108 valence electrons. The average molecular weight is 293 g/mol. The van der Waals surface area contributed by atoms with Crippen LogP contribution >= 0.6 is 0 Å². The minimum Gasteiger partial charge on any atom is -0.364 e. The summed E-state index contributed by atoms with van der Waals surface area (Å²) in [5.41, 5.74) is 7.36. The first kappa shape index (κ1) is 13.7. The first-order valence-corrected chi connectivity index (χ1v) is 6.50. The molecule has 0 aliphatic heterocycles. The van der Waals surface area contributed by atoms with Crippen molar-refractivity contribution in [3.8, 4) is 11.1 Å². The molecule has 1 heterocycles. The van der Waals surface area contributed by atoms with Crippen molar-refractivity contribution in [1.82, 2.24) is 4.98 Å². The number of benzene rings is 2. The zero-order valence-corrected chi connectivity index (χ0v) is 11.4. The first-order valence-electron chi connectivity index (χ1n) is 6.50. The molecule has 1 amide bonds. The third-order valence-electron chi connectivity index (χ3n) is 3.34. The van der Waals surface area contributed by atoms with Crippen LogP contribution in [0.1, 0.15) is 10.5 Å². The third-order valence-corrected chi connectivity index (χ3v) is 3.34. The number of fused-ring (bicyclic) bond motifs is 1. The minimum atomic E-state index is -0.641. The van der Waals surface area contributed by atoms with E-state index in [1.165, 1.54) is 12.1 Å². The molecule has 2 aromatic carbocycles. The van der Waals surface area contributed by atoms with Crippen LogP contribution in [0.4, 0.5) is 5.69 Å². The summed E-state index contributed by atoms with van der Waals surface area (Å²) in [6.07, 6.45) is 0. The lowest BCUT2D eigenvalue weighted by Crippen LogP contribution is -2.13. The maximum Gasteiger partial charge on any atom is 0.270 e. The Hall–Kier alpha value is -3.28. The van der Waals surface area contributed by atoms with Gasteiger partial charge in [0.25, 0.3) is 11.6 Å². The van der Waals surface area contributed by atoms with Crippen LogP contribution in [0, 0.1) is 10.1 Å². The van der Waals surface area contributed by atoms with Gasteiger partial charge in [0.15, 0.2) is 0 Å². The van der Waals surface area contributed by atoms with Gasteiger partial charge in [-0.25, -0.2) is 4.98 Å². The molecular formula is C16H11N3O3. The molecule has 0 radical (unpaired) electrons. The second-order valence-electron chi connectivity index (χ2n) is 4.74. The number of carbonyl (C=O) groups excluding carboxylic acids is 1. The van der Waals surface area contributed by atoms with Crippen molar-refractivity contribution in [2.45, 2.75) is 0 Å². The van der Waals surface area contributed by atoms with Gasteiger partial charge in [-0.1, -0.05) is 30.3 Å². The lowest BCUT2D eigenvalue weighted by molar-refractivity contribution is -0.384. The van der Waals surface area contributed by atoms with Gasteiger partial charge in [0, 0.05) is 17.5 Å². The Labute approximate surface area is 125 Å². The van der Waals surface area contributed by atoms with Crippen LogP contribution in [0.15, 0.2) is 54.6 Å². The standard InChI is InChI=1S/C16H11N3O3/c17-16(20)15-9-13(12-6-1-2-7-14(12)18-15)10-4-3-5-11(8-10)19(21)22/h1-9H,(H2,17,20). The highest BCUT2D eigenvalue weighted by Crippen LogP contribution is 2.30. The van der Waals surface area contributed by atoms with E-state index in [0.29, 0.717) is 16.6 Å². The molecule has 22 heavy (non-hydrogen) atoms. The van der Waals surface area contributed by atoms with Gasteiger partial charge < -0.3 is 5.73 Å². The van der Waals surface area contributed by atoms with Gasteiger partial charge in [-0.3, -0.25) is 14.9 Å². The maximum atomic E-state index is 11.5. The zero-order valence-electron chi connectivity index (χ0n) is 11.4. The van der Waals surface area contributed by atoms with Crippen LogP contribution < -0.4 is 5.73 Å². The van der Waals surface area contributed by atoms with Gasteiger partial charge in [-0.15, -0.1) is 0 Å². The number of amides is 1. The highest BCUT2D eigenvalue weighted by molar-refractivity contribution is 6.00. The van der Waals surface area contributed by atoms with Gasteiger partial charge in [-0.05, 0) is 23.3 Å². The Morgan fingerprint density at radius 3 is 2.59 bits per heavy atom. The number of nitro groups is 1. The molecule has 0 fully saturated rings. The fourth-order valence-corrected chi connectivity index (χ4v) is 2.33. The Balaban J connectivity index is 2.31. The molecule has 0 aliphatic rings. The predicted octanol–water partition coefficient (Wildman–Crippen LogP) is 2.91. The highest BCUT2D eigenvalue weighted by Gasteiger charge is 2.13. The average Bonchev–Trinajstić information content (AvgIpc) is 2.53. The largest absolute Gasteiger partial charge is 0.364 e. The second-order valence-corrected chi connectivity index (χ2v) is 4.74. The Kier molecular flexibility index (Phi) is 3.27. The fourth-order valence-electron chi connectivity index (χ4n) is 2.33. The summed E-state index contributed by atoms with van der Waals surface area (Å²) in [5, 5.41) is 11.7. The third kappa shape index (κ3) is 2.37. The Bertz CT molecular complexity index is 906. The first-order chi connectivity index (χ1) is 10.6. The lowest BCUT2D eigenvalue weighted by atomic mass is 9.99. The van der Waals surface area contributed by atoms with Crippen LogP contribution in [-0.2, 0) is 0 Å². The number of pyridine rings is 1. The number of primary amides is 1. The molecule has 0 saturated heterocycles. The van der Waals surface area contributed by atoms with Crippen LogP contribution in [0.2, 0.25) is 0 Å². The molecule has 0 spiro atoms. The van der Waals surface area contributed by atoms with Crippen LogP contribution in [0.25, 0.3) is 22.0 Å².